The van der Waals surface area contributed by atoms with Crippen molar-refractivity contribution in [3.05, 3.63) is 42.9 Å². The van der Waals surface area contributed by atoms with Crippen LogP contribution < -0.4 is 10.2 Å². The van der Waals surface area contributed by atoms with Gasteiger partial charge in [0.15, 0.2) is 0 Å². The smallest absolute Gasteiger partial charge is 0.137 e. The summed E-state index contributed by atoms with van der Waals surface area (Å²) >= 11 is 0. The van der Waals surface area contributed by atoms with Crippen molar-refractivity contribution in [2.24, 2.45) is 5.92 Å². The van der Waals surface area contributed by atoms with Crippen molar-refractivity contribution in [1.82, 2.24) is 15.0 Å². The molecule has 3 aromatic rings. The number of aliphatic hydroxyl groups is 1. The molecule has 0 unspecified atom stereocenters. The van der Waals surface area contributed by atoms with Crippen LogP contribution in [0.2, 0.25) is 0 Å². The molecule has 2 N–H and O–H groups in total. The first-order valence-corrected chi connectivity index (χ1v) is 11.6. The Balaban J connectivity index is 1.47. The molecule has 0 atom stereocenters. The molecule has 0 spiro atoms. The Labute approximate surface area is 183 Å². The summed E-state index contributed by atoms with van der Waals surface area (Å²) < 4.78 is 0. The van der Waals surface area contributed by atoms with Gasteiger partial charge in [-0.05, 0) is 55.9 Å². The van der Waals surface area contributed by atoms with Gasteiger partial charge in [-0.3, -0.25) is 4.98 Å². The lowest BCUT2D eigenvalue weighted by Crippen LogP contribution is -2.35. The molecule has 2 aliphatic rings. The molecule has 2 fully saturated rings. The zero-order valence-electron chi connectivity index (χ0n) is 18.0. The van der Waals surface area contributed by atoms with Crippen LogP contribution in [0, 0.1) is 5.92 Å². The monoisotopic (exact) mass is 417 g/mol. The van der Waals surface area contributed by atoms with Crippen molar-refractivity contribution in [2.45, 2.75) is 51.0 Å². The second kappa shape index (κ2) is 9.18. The number of aliphatic hydroxyl groups excluding tert-OH is 1. The van der Waals surface area contributed by atoms with E-state index in [0.29, 0.717) is 12.0 Å². The van der Waals surface area contributed by atoms with Crippen LogP contribution in [0.1, 0.15) is 44.9 Å². The molecular formula is C25H31N5O. The lowest BCUT2D eigenvalue weighted by atomic mass is 9.95. The second-order valence-electron chi connectivity index (χ2n) is 8.95. The number of rotatable bonds is 5. The zero-order chi connectivity index (χ0) is 21.0. The SMILES string of the molecule is OCC1CCN(c2nc(-c3ccnc(NC4CCCCC4)c3)cc3cnccc23)CC1. The van der Waals surface area contributed by atoms with Gasteiger partial charge in [0.2, 0.25) is 0 Å². The summed E-state index contributed by atoms with van der Waals surface area (Å²) in [6, 6.07) is 8.88. The van der Waals surface area contributed by atoms with Gasteiger partial charge in [-0.2, -0.15) is 0 Å². The second-order valence-corrected chi connectivity index (χ2v) is 8.95. The number of hydrogen-bond acceptors (Lipinski definition) is 6. The number of aromatic nitrogens is 3. The molecule has 0 bridgehead atoms. The topological polar surface area (TPSA) is 74.2 Å². The summed E-state index contributed by atoms with van der Waals surface area (Å²) in [6.45, 7) is 2.12. The van der Waals surface area contributed by atoms with Crippen LogP contribution in [0.3, 0.4) is 0 Å². The molecule has 0 radical (unpaired) electrons. The maximum atomic E-state index is 9.50. The molecule has 0 amide bonds. The van der Waals surface area contributed by atoms with E-state index in [9.17, 15) is 5.11 Å². The summed E-state index contributed by atoms with van der Waals surface area (Å²) in [7, 11) is 0. The highest BCUT2D eigenvalue weighted by atomic mass is 16.3. The van der Waals surface area contributed by atoms with Gasteiger partial charge < -0.3 is 15.3 Å². The predicted molar refractivity (Wildman–Crippen MR) is 125 cm³/mol. The molecule has 3 aromatic heterocycles. The van der Waals surface area contributed by atoms with Crippen molar-refractivity contribution >= 4 is 22.4 Å². The Morgan fingerprint density at radius 3 is 2.65 bits per heavy atom. The number of fused-ring (bicyclic) bond motifs is 1. The Morgan fingerprint density at radius 2 is 1.84 bits per heavy atom. The molecule has 1 saturated heterocycles. The van der Waals surface area contributed by atoms with Crippen LogP contribution >= 0.6 is 0 Å². The van der Waals surface area contributed by atoms with E-state index in [1.807, 2.05) is 24.7 Å². The summed E-state index contributed by atoms with van der Waals surface area (Å²) in [5, 5.41) is 15.4. The average molecular weight is 418 g/mol. The normalized spacial score (nSPS) is 18.4. The van der Waals surface area contributed by atoms with Crippen LogP contribution in [-0.4, -0.2) is 45.8 Å². The summed E-state index contributed by atoms with van der Waals surface area (Å²) in [4.78, 5) is 16.4. The van der Waals surface area contributed by atoms with Crippen molar-refractivity contribution in [2.75, 3.05) is 29.9 Å². The molecule has 1 aliphatic heterocycles. The molecule has 0 aromatic carbocycles. The fourth-order valence-corrected chi connectivity index (χ4v) is 4.92. The highest BCUT2D eigenvalue weighted by Crippen LogP contribution is 2.32. The highest BCUT2D eigenvalue weighted by molar-refractivity contribution is 5.94. The van der Waals surface area contributed by atoms with E-state index >= 15 is 0 Å². The zero-order valence-corrected chi connectivity index (χ0v) is 18.0. The van der Waals surface area contributed by atoms with Gasteiger partial charge in [-0.15, -0.1) is 0 Å². The molecule has 6 nitrogen and oxygen atoms in total. The van der Waals surface area contributed by atoms with Gasteiger partial charge >= 0.3 is 0 Å². The number of anilines is 2. The van der Waals surface area contributed by atoms with Crippen molar-refractivity contribution in [1.29, 1.82) is 0 Å². The number of hydrogen-bond donors (Lipinski definition) is 2. The molecule has 5 rings (SSSR count). The van der Waals surface area contributed by atoms with Crippen LogP contribution in [0.5, 0.6) is 0 Å². The lowest BCUT2D eigenvalue weighted by Gasteiger charge is -2.33. The molecule has 1 aliphatic carbocycles. The Kier molecular flexibility index (Phi) is 5.98. The van der Waals surface area contributed by atoms with E-state index < -0.39 is 0 Å². The van der Waals surface area contributed by atoms with Crippen LogP contribution in [0.4, 0.5) is 11.6 Å². The summed E-state index contributed by atoms with van der Waals surface area (Å²) in [5.41, 5.74) is 2.03. The first kappa shape index (κ1) is 20.2. The maximum Gasteiger partial charge on any atom is 0.137 e. The third-order valence-corrected chi connectivity index (χ3v) is 6.80. The minimum atomic E-state index is 0.278. The highest BCUT2D eigenvalue weighted by Gasteiger charge is 2.22. The predicted octanol–water partition coefficient (Wildman–Crippen LogP) is 4.65. The molecular weight excluding hydrogens is 386 g/mol. The van der Waals surface area contributed by atoms with Gasteiger partial charge in [0.05, 0.1) is 5.69 Å². The maximum absolute atomic E-state index is 9.50. The number of nitrogens with one attached hydrogen (secondary N) is 1. The minimum Gasteiger partial charge on any atom is -0.396 e. The number of piperidine rings is 1. The minimum absolute atomic E-state index is 0.278. The Hall–Kier alpha value is -2.73. The van der Waals surface area contributed by atoms with E-state index in [4.69, 9.17) is 4.98 Å². The fourth-order valence-electron chi connectivity index (χ4n) is 4.92. The quantitative estimate of drug-likeness (QED) is 0.630. The Morgan fingerprint density at radius 1 is 1.00 bits per heavy atom. The molecule has 31 heavy (non-hydrogen) atoms. The summed E-state index contributed by atoms with van der Waals surface area (Å²) in [6.07, 6.45) is 14.0. The number of nitrogens with zero attached hydrogens (tertiary/aromatic N) is 4. The fraction of sp³-hybridized carbons (Fsp3) is 0.480. The van der Waals surface area contributed by atoms with Gasteiger partial charge in [0.1, 0.15) is 11.6 Å². The molecule has 162 valence electrons. The third kappa shape index (κ3) is 4.49. The molecule has 1 saturated carbocycles. The lowest BCUT2D eigenvalue weighted by molar-refractivity contribution is 0.203. The molecule has 6 heteroatoms. The van der Waals surface area contributed by atoms with Crippen LogP contribution in [0.25, 0.3) is 22.0 Å². The first-order chi connectivity index (χ1) is 15.3. The molecule has 4 heterocycles. The standard InChI is InChI=1S/C25H31N5O/c31-17-18-8-12-30(13-9-18)25-22-7-10-26-16-20(22)14-23(29-25)19-6-11-27-24(15-19)28-21-4-2-1-3-5-21/h6-7,10-11,14-16,18,21,31H,1-5,8-9,12-13,17H2,(H,27,28). The van der Waals surface area contributed by atoms with E-state index in [2.05, 4.69) is 38.4 Å². The van der Waals surface area contributed by atoms with Gasteiger partial charge in [0.25, 0.3) is 0 Å². The van der Waals surface area contributed by atoms with Crippen molar-refractivity contribution in [3.8, 4) is 11.3 Å². The average Bonchev–Trinajstić information content (AvgIpc) is 2.84. The van der Waals surface area contributed by atoms with Crippen molar-refractivity contribution < 1.29 is 5.11 Å². The van der Waals surface area contributed by atoms with E-state index in [0.717, 1.165) is 59.6 Å². The van der Waals surface area contributed by atoms with E-state index in [1.54, 1.807) is 0 Å². The Bertz CT molecular complexity index is 1030. The van der Waals surface area contributed by atoms with Crippen LogP contribution in [-0.2, 0) is 0 Å². The third-order valence-electron chi connectivity index (χ3n) is 6.80. The largest absolute Gasteiger partial charge is 0.396 e. The summed E-state index contributed by atoms with van der Waals surface area (Å²) in [5.74, 6) is 2.36. The first-order valence-electron chi connectivity index (χ1n) is 11.6. The van der Waals surface area contributed by atoms with Gasteiger partial charge in [-0.1, -0.05) is 19.3 Å². The van der Waals surface area contributed by atoms with Gasteiger partial charge in [-0.25, -0.2) is 9.97 Å². The van der Waals surface area contributed by atoms with Crippen LogP contribution in [0.15, 0.2) is 42.9 Å². The van der Waals surface area contributed by atoms with Gasteiger partial charge in [0, 0.05) is 60.7 Å². The van der Waals surface area contributed by atoms with E-state index in [1.165, 1.54) is 32.1 Å². The van der Waals surface area contributed by atoms with E-state index in [-0.39, 0.29) is 6.61 Å². The van der Waals surface area contributed by atoms with Crippen molar-refractivity contribution in [3.63, 3.8) is 0 Å². The number of pyridine rings is 3.